The van der Waals surface area contributed by atoms with Crippen LogP contribution < -0.4 is 0 Å². The lowest BCUT2D eigenvalue weighted by Crippen LogP contribution is -2.20. The molecule has 0 fully saturated rings. The van der Waals surface area contributed by atoms with Crippen LogP contribution >= 0.6 is 0 Å². The highest BCUT2D eigenvalue weighted by Crippen LogP contribution is 2.19. The third-order valence-corrected chi connectivity index (χ3v) is 7.30. The first kappa shape index (κ1) is 28.9. The van der Waals surface area contributed by atoms with E-state index in [0.29, 0.717) is 19.4 Å². The molecule has 0 rings (SSSR count). The van der Waals surface area contributed by atoms with E-state index in [-0.39, 0.29) is 0 Å². The van der Waals surface area contributed by atoms with Crippen molar-refractivity contribution in [3.8, 4) is 0 Å². The molecule has 0 spiro atoms. The molecule has 0 aromatic rings. The maximum atomic E-state index is 11.6. The van der Waals surface area contributed by atoms with Crippen LogP contribution in [0.2, 0.25) is 0 Å². The van der Waals surface area contributed by atoms with E-state index < -0.39 is 15.4 Å². The van der Waals surface area contributed by atoms with Crippen molar-refractivity contribution in [1.29, 1.82) is 0 Å². The Kier molecular flexibility index (Phi) is 21.0. The quantitative estimate of drug-likeness (QED) is 0.129. The van der Waals surface area contributed by atoms with Crippen LogP contribution in [0.4, 0.5) is 0 Å². The molecule has 0 aromatic heterocycles. The Morgan fingerprint density at radius 3 is 1.17 bits per heavy atom. The van der Waals surface area contributed by atoms with Gasteiger partial charge < -0.3 is 5.11 Å². The molecule has 0 aliphatic heterocycles. The molecule has 0 saturated carbocycles. The highest BCUT2D eigenvalue weighted by molar-refractivity contribution is 7.86. The molecule has 176 valence electrons. The Bertz CT molecular complexity index is 423. The smallest absolute Gasteiger partial charge is 0.267 e. The average molecular weight is 435 g/mol. The molecule has 0 aliphatic carbocycles. The molecular weight excluding hydrogens is 384 g/mol. The van der Waals surface area contributed by atoms with Gasteiger partial charge in [-0.2, -0.15) is 8.42 Å². The molecule has 0 radical (unpaired) electrons. The van der Waals surface area contributed by atoms with Gasteiger partial charge in [-0.15, -0.1) is 0 Å². The second-order valence-electron chi connectivity index (χ2n) is 8.80. The summed E-state index contributed by atoms with van der Waals surface area (Å²) >= 11 is 0. The van der Waals surface area contributed by atoms with E-state index in [1.807, 2.05) is 0 Å². The average Bonchev–Trinajstić information content (AvgIpc) is 2.68. The summed E-state index contributed by atoms with van der Waals surface area (Å²) in [5, 5.41) is 8.18. The van der Waals surface area contributed by atoms with Gasteiger partial charge >= 0.3 is 0 Å². The number of unbranched alkanes of at least 4 members (excludes halogenated alkanes) is 17. The van der Waals surface area contributed by atoms with E-state index in [2.05, 4.69) is 6.92 Å². The first-order valence-electron chi connectivity index (χ1n) is 12.6. The SMILES string of the molecule is CCCCCCCCCCC(CCCCCCCCCCCCCO)S(=O)(=O)O. The van der Waals surface area contributed by atoms with Gasteiger partial charge in [0, 0.05) is 6.61 Å². The largest absolute Gasteiger partial charge is 0.396 e. The first-order valence-corrected chi connectivity index (χ1v) is 14.1. The summed E-state index contributed by atoms with van der Waals surface area (Å²) < 4.78 is 32.8. The Labute approximate surface area is 182 Å². The van der Waals surface area contributed by atoms with Crippen LogP contribution in [0.1, 0.15) is 142 Å². The van der Waals surface area contributed by atoms with E-state index in [4.69, 9.17) is 5.11 Å². The number of hydrogen-bond acceptors (Lipinski definition) is 3. The van der Waals surface area contributed by atoms with Crippen LogP contribution in [-0.4, -0.2) is 29.9 Å². The Morgan fingerprint density at radius 2 is 0.862 bits per heavy atom. The van der Waals surface area contributed by atoms with Crippen LogP contribution in [0.5, 0.6) is 0 Å². The number of aliphatic hydroxyl groups excluding tert-OH is 1. The number of aliphatic hydroxyl groups is 1. The normalized spacial score (nSPS) is 13.1. The molecule has 1 unspecified atom stereocenters. The van der Waals surface area contributed by atoms with Gasteiger partial charge in [0.2, 0.25) is 0 Å². The summed E-state index contributed by atoms with van der Waals surface area (Å²) in [5.41, 5.74) is 0. The minimum Gasteiger partial charge on any atom is -0.396 e. The maximum Gasteiger partial charge on any atom is 0.267 e. The predicted molar refractivity (Wildman–Crippen MR) is 125 cm³/mol. The third-order valence-electron chi connectivity index (χ3n) is 5.99. The van der Waals surface area contributed by atoms with Crippen molar-refractivity contribution in [2.24, 2.45) is 0 Å². The fourth-order valence-electron chi connectivity index (χ4n) is 4.02. The molecule has 0 heterocycles. The zero-order chi connectivity index (χ0) is 21.6. The first-order chi connectivity index (χ1) is 14.0. The van der Waals surface area contributed by atoms with Crippen molar-refractivity contribution >= 4 is 10.1 Å². The van der Waals surface area contributed by atoms with Crippen LogP contribution in [0.25, 0.3) is 0 Å². The highest BCUT2D eigenvalue weighted by atomic mass is 32.2. The van der Waals surface area contributed by atoms with E-state index in [0.717, 1.165) is 38.5 Å². The molecule has 0 bridgehead atoms. The lowest BCUT2D eigenvalue weighted by Gasteiger charge is -2.13. The summed E-state index contributed by atoms with van der Waals surface area (Å²) in [6.45, 7) is 2.54. The molecule has 1 atom stereocenters. The van der Waals surface area contributed by atoms with E-state index in [1.54, 1.807) is 0 Å². The fourth-order valence-corrected chi connectivity index (χ4v) is 4.95. The lowest BCUT2D eigenvalue weighted by atomic mass is 10.0. The molecular formula is C24H50O4S. The third kappa shape index (κ3) is 20.9. The van der Waals surface area contributed by atoms with E-state index >= 15 is 0 Å². The molecule has 0 aromatic carbocycles. The van der Waals surface area contributed by atoms with Crippen LogP contribution in [0, 0.1) is 0 Å². The Hall–Kier alpha value is -0.130. The Balaban J connectivity index is 3.61. The van der Waals surface area contributed by atoms with Gasteiger partial charge in [-0.25, -0.2) is 0 Å². The van der Waals surface area contributed by atoms with Crippen molar-refractivity contribution in [1.82, 2.24) is 0 Å². The van der Waals surface area contributed by atoms with Crippen LogP contribution in [0.15, 0.2) is 0 Å². The standard InChI is InChI=1S/C24H50O4S/c1-2-3-4-5-6-12-15-18-21-24(29(26,27)28)22-19-16-13-10-8-7-9-11-14-17-20-23-25/h24-25H,2-23H2,1H3,(H,26,27,28). The van der Waals surface area contributed by atoms with Gasteiger partial charge in [-0.3, -0.25) is 4.55 Å². The minimum absolute atomic E-state index is 0.317. The monoisotopic (exact) mass is 434 g/mol. The van der Waals surface area contributed by atoms with Crippen molar-refractivity contribution in [3.05, 3.63) is 0 Å². The van der Waals surface area contributed by atoms with Crippen LogP contribution in [0.3, 0.4) is 0 Å². The van der Waals surface area contributed by atoms with Gasteiger partial charge in [0.15, 0.2) is 0 Å². The van der Waals surface area contributed by atoms with Gasteiger partial charge in [0.05, 0.1) is 5.25 Å². The molecule has 4 nitrogen and oxygen atoms in total. The molecule has 0 amide bonds. The van der Waals surface area contributed by atoms with E-state index in [1.165, 1.54) is 83.5 Å². The summed E-state index contributed by atoms with van der Waals surface area (Å²) in [4.78, 5) is 0. The number of hydrogen-bond donors (Lipinski definition) is 2. The molecule has 29 heavy (non-hydrogen) atoms. The summed E-state index contributed by atoms with van der Waals surface area (Å²) in [5.74, 6) is 0. The Morgan fingerprint density at radius 1 is 0.552 bits per heavy atom. The zero-order valence-electron chi connectivity index (χ0n) is 19.3. The number of rotatable bonds is 23. The second-order valence-corrected chi connectivity index (χ2v) is 10.5. The summed E-state index contributed by atoms with van der Waals surface area (Å²) in [7, 11) is -3.90. The maximum absolute atomic E-state index is 11.6. The van der Waals surface area contributed by atoms with Crippen molar-refractivity contribution < 1.29 is 18.1 Å². The fraction of sp³-hybridized carbons (Fsp3) is 1.00. The molecule has 0 aliphatic rings. The van der Waals surface area contributed by atoms with Gasteiger partial charge in [-0.05, 0) is 19.3 Å². The highest BCUT2D eigenvalue weighted by Gasteiger charge is 2.21. The van der Waals surface area contributed by atoms with Crippen LogP contribution in [-0.2, 0) is 10.1 Å². The molecule has 5 heteroatoms. The molecule has 2 N–H and O–H groups in total. The van der Waals surface area contributed by atoms with Gasteiger partial charge in [0.1, 0.15) is 0 Å². The minimum atomic E-state index is -3.90. The van der Waals surface area contributed by atoms with Crippen molar-refractivity contribution in [3.63, 3.8) is 0 Å². The predicted octanol–water partition coefficient (Wildman–Crippen LogP) is 7.45. The lowest BCUT2D eigenvalue weighted by molar-refractivity contribution is 0.282. The van der Waals surface area contributed by atoms with Gasteiger partial charge in [-0.1, -0.05) is 122 Å². The van der Waals surface area contributed by atoms with Crippen molar-refractivity contribution in [2.45, 2.75) is 147 Å². The van der Waals surface area contributed by atoms with Gasteiger partial charge in [0.25, 0.3) is 10.1 Å². The summed E-state index contributed by atoms with van der Waals surface area (Å²) in [6, 6.07) is 0. The zero-order valence-corrected chi connectivity index (χ0v) is 20.1. The topological polar surface area (TPSA) is 74.6 Å². The van der Waals surface area contributed by atoms with Crippen molar-refractivity contribution in [2.75, 3.05) is 6.61 Å². The second kappa shape index (κ2) is 21.1. The molecule has 0 saturated heterocycles. The van der Waals surface area contributed by atoms with E-state index in [9.17, 15) is 13.0 Å². The summed E-state index contributed by atoms with van der Waals surface area (Å²) in [6.07, 6.45) is 23.6.